The van der Waals surface area contributed by atoms with Crippen LogP contribution in [0, 0.1) is 5.41 Å². The van der Waals surface area contributed by atoms with Gasteiger partial charge in [0.15, 0.2) is 0 Å². The molecule has 14 heavy (non-hydrogen) atoms. The lowest BCUT2D eigenvalue weighted by atomic mass is 9.69. The van der Waals surface area contributed by atoms with E-state index in [-0.39, 0.29) is 6.10 Å². The third kappa shape index (κ3) is 2.60. The molecular formula is C13H24O. The summed E-state index contributed by atoms with van der Waals surface area (Å²) in [6.45, 7) is 8.77. The molecule has 0 spiro atoms. The summed E-state index contributed by atoms with van der Waals surface area (Å²) in [5.41, 5.74) is 3.51. The number of aliphatic hydroxyl groups is 1. The van der Waals surface area contributed by atoms with Gasteiger partial charge < -0.3 is 5.11 Å². The molecule has 0 radical (unpaired) electrons. The SMILES string of the molecule is CC1=C(C)C(C)(CCC(C)O)CCC1. The van der Waals surface area contributed by atoms with E-state index in [9.17, 15) is 5.11 Å². The standard InChI is InChI=1S/C13H24O/c1-10-6-5-8-13(4,12(10)3)9-7-11(2)14/h11,14H,5-9H2,1-4H3. The second-order valence-electron chi connectivity index (χ2n) is 5.21. The normalized spacial score (nSPS) is 30.6. The van der Waals surface area contributed by atoms with E-state index in [0.29, 0.717) is 5.41 Å². The molecule has 1 heteroatoms. The first-order valence-electron chi connectivity index (χ1n) is 5.80. The van der Waals surface area contributed by atoms with Gasteiger partial charge in [0.25, 0.3) is 0 Å². The summed E-state index contributed by atoms with van der Waals surface area (Å²) < 4.78 is 0. The Kier molecular flexibility index (Phi) is 3.77. The molecule has 0 amide bonds. The van der Waals surface area contributed by atoms with Crippen molar-refractivity contribution in [3.05, 3.63) is 11.1 Å². The van der Waals surface area contributed by atoms with Gasteiger partial charge in [-0.05, 0) is 58.3 Å². The van der Waals surface area contributed by atoms with E-state index in [1.165, 1.54) is 19.3 Å². The second-order valence-corrected chi connectivity index (χ2v) is 5.21. The molecule has 2 atom stereocenters. The molecule has 1 aliphatic carbocycles. The summed E-state index contributed by atoms with van der Waals surface area (Å²) >= 11 is 0. The Morgan fingerprint density at radius 1 is 1.43 bits per heavy atom. The average Bonchev–Trinajstić information content (AvgIpc) is 2.11. The van der Waals surface area contributed by atoms with Crippen molar-refractivity contribution in [3.8, 4) is 0 Å². The maximum Gasteiger partial charge on any atom is 0.0512 e. The van der Waals surface area contributed by atoms with Crippen LogP contribution in [0.15, 0.2) is 11.1 Å². The molecule has 2 unspecified atom stereocenters. The zero-order valence-electron chi connectivity index (χ0n) is 10.1. The Labute approximate surface area is 88.2 Å². The monoisotopic (exact) mass is 196 g/mol. The summed E-state index contributed by atoms with van der Waals surface area (Å²) in [6.07, 6.45) is 5.80. The van der Waals surface area contributed by atoms with Gasteiger partial charge in [-0.25, -0.2) is 0 Å². The molecule has 0 aliphatic heterocycles. The van der Waals surface area contributed by atoms with Crippen LogP contribution in [0.2, 0.25) is 0 Å². The van der Waals surface area contributed by atoms with Crippen molar-refractivity contribution in [2.45, 2.75) is 65.9 Å². The number of hydrogen-bond acceptors (Lipinski definition) is 1. The van der Waals surface area contributed by atoms with Gasteiger partial charge in [0.1, 0.15) is 0 Å². The Bertz CT molecular complexity index is 227. The Balaban J connectivity index is 2.67. The van der Waals surface area contributed by atoms with Gasteiger partial charge in [-0.2, -0.15) is 0 Å². The van der Waals surface area contributed by atoms with Crippen molar-refractivity contribution >= 4 is 0 Å². The van der Waals surface area contributed by atoms with Gasteiger partial charge in [-0.3, -0.25) is 0 Å². The van der Waals surface area contributed by atoms with Gasteiger partial charge >= 0.3 is 0 Å². The predicted octanol–water partition coefficient (Wildman–Crippen LogP) is 3.67. The summed E-state index contributed by atoms with van der Waals surface area (Å²) in [4.78, 5) is 0. The zero-order valence-corrected chi connectivity index (χ0v) is 10.1. The van der Waals surface area contributed by atoms with E-state index < -0.39 is 0 Å². The maximum absolute atomic E-state index is 9.33. The van der Waals surface area contributed by atoms with E-state index in [1.807, 2.05) is 6.92 Å². The lowest BCUT2D eigenvalue weighted by molar-refractivity contribution is 0.157. The molecule has 0 aromatic rings. The molecule has 0 aromatic carbocycles. The van der Waals surface area contributed by atoms with Crippen LogP contribution in [0.1, 0.15) is 59.8 Å². The largest absolute Gasteiger partial charge is 0.393 e. The summed E-state index contributed by atoms with van der Waals surface area (Å²) in [5, 5.41) is 9.33. The predicted molar refractivity (Wildman–Crippen MR) is 61.2 cm³/mol. The highest BCUT2D eigenvalue weighted by molar-refractivity contribution is 5.21. The highest BCUT2D eigenvalue weighted by Crippen LogP contribution is 2.43. The highest BCUT2D eigenvalue weighted by Gasteiger charge is 2.30. The van der Waals surface area contributed by atoms with E-state index in [4.69, 9.17) is 0 Å². The van der Waals surface area contributed by atoms with Crippen LogP contribution < -0.4 is 0 Å². The molecule has 0 heterocycles. The van der Waals surface area contributed by atoms with Crippen LogP contribution in [0.25, 0.3) is 0 Å². The maximum atomic E-state index is 9.33. The van der Waals surface area contributed by atoms with Crippen LogP contribution in [0.3, 0.4) is 0 Å². The smallest absolute Gasteiger partial charge is 0.0512 e. The van der Waals surface area contributed by atoms with Crippen LogP contribution in [-0.4, -0.2) is 11.2 Å². The minimum absolute atomic E-state index is 0.151. The van der Waals surface area contributed by atoms with Crippen molar-refractivity contribution in [1.82, 2.24) is 0 Å². The summed E-state index contributed by atoms with van der Waals surface area (Å²) in [5.74, 6) is 0. The summed E-state index contributed by atoms with van der Waals surface area (Å²) in [6, 6.07) is 0. The molecule has 0 fully saturated rings. The molecule has 1 rings (SSSR count). The number of allylic oxidation sites excluding steroid dienone is 2. The average molecular weight is 196 g/mol. The Hall–Kier alpha value is -0.300. The molecule has 0 bridgehead atoms. The lowest BCUT2D eigenvalue weighted by Crippen LogP contribution is -2.24. The molecule has 82 valence electrons. The Morgan fingerprint density at radius 3 is 2.64 bits per heavy atom. The van der Waals surface area contributed by atoms with Crippen molar-refractivity contribution in [2.24, 2.45) is 5.41 Å². The third-order valence-corrected chi connectivity index (χ3v) is 3.94. The molecule has 1 nitrogen and oxygen atoms in total. The van der Waals surface area contributed by atoms with Gasteiger partial charge in [0.2, 0.25) is 0 Å². The van der Waals surface area contributed by atoms with Crippen molar-refractivity contribution in [3.63, 3.8) is 0 Å². The van der Waals surface area contributed by atoms with Crippen molar-refractivity contribution in [2.75, 3.05) is 0 Å². The minimum Gasteiger partial charge on any atom is -0.393 e. The van der Waals surface area contributed by atoms with Crippen molar-refractivity contribution in [1.29, 1.82) is 0 Å². The minimum atomic E-state index is -0.151. The summed E-state index contributed by atoms with van der Waals surface area (Å²) in [7, 11) is 0. The first-order valence-corrected chi connectivity index (χ1v) is 5.80. The van der Waals surface area contributed by atoms with Gasteiger partial charge in [0.05, 0.1) is 6.10 Å². The van der Waals surface area contributed by atoms with Crippen LogP contribution >= 0.6 is 0 Å². The van der Waals surface area contributed by atoms with Crippen LogP contribution in [0.4, 0.5) is 0 Å². The fraction of sp³-hybridized carbons (Fsp3) is 0.846. The quantitative estimate of drug-likeness (QED) is 0.683. The number of aliphatic hydroxyl groups excluding tert-OH is 1. The molecule has 1 aliphatic rings. The fourth-order valence-corrected chi connectivity index (χ4v) is 2.47. The Morgan fingerprint density at radius 2 is 2.07 bits per heavy atom. The number of hydrogen-bond donors (Lipinski definition) is 1. The highest BCUT2D eigenvalue weighted by atomic mass is 16.3. The van der Waals surface area contributed by atoms with Gasteiger partial charge in [-0.15, -0.1) is 0 Å². The molecule has 0 aromatic heterocycles. The third-order valence-electron chi connectivity index (χ3n) is 3.94. The van der Waals surface area contributed by atoms with Gasteiger partial charge in [-0.1, -0.05) is 18.1 Å². The van der Waals surface area contributed by atoms with E-state index in [0.717, 1.165) is 12.8 Å². The van der Waals surface area contributed by atoms with Crippen molar-refractivity contribution < 1.29 is 5.11 Å². The molecular weight excluding hydrogens is 172 g/mol. The van der Waals surface area contributed by atoms with E-state index in [1.54, 1.807) is 11.1 Å². The fourth-order valence-electron chi connectivity index (χ4n) is 2.47. The molecule has 0 saturated carbocycles. The first-order chi connectivity index (χ1) is 6.46. The van der Waals surface area contributed by atoms with E-state index >= 15 is 0 Å². The zero-order chi connectivity index (χ0) is 10.8. The lowest BCUT2D eigenvalue weighted by Gasteiger charge is -2.36. The molecule has 1 N–H and O–H groups in total. The molecule has 0 saturated heterocycles. The second kappa shape index (κ2) is 4.48. The topological polar surface area (TPSA) is 20.2 Å². The van der Waals surface area contributed by atoms with Crippen LogP contribution in [0.5, 0.6) is 0 Å². The number of rotatable bonds is 3. The van der Waals surface area contributed by atoms with E-state index in [2.05, 4.69) is 20.8 Å². The van der Waals surface area contributed by atoms with Crippen LogP contribution in [-0.2, 0) is 0 Å². The van der Waals surface area contributed by atoms with Gasteiger partial charge in [0, 0.05) is 0 Å². The first kappa shape index (κ1) is 11.8.